The molecule has 0 unspecified atom stereocenters. The number of carbonyl (C=O) groups excluding carboxylic acids is 1. The molecule has 0 heterocycles. The molecule has 7 heteroatoms. The monoisotopic (exact) mass is 511 g/mol. The Kier molecular flexibility index (Phi) is 8.61. The van der Waals surface area contributed by atoms with Gasteiger partial charge < -0.3 is 14.2 Å². The molecule has 0 aliphatic heterocycles. The molecule has 0 saturated heterocycles. The zero-order chi connectivity index (χ0) is 20.5. The number of nitrogens with zero attached hydrogens (tertiary/aromatic N) is 1. The Morgan fingerprint density at radius 2 is 1.89 bits per heavy atom. The second-order valence-electron chi connectivity index (χ2n) is 5.57. The summed E-state index contributed by atoms with van der Waals surface area (Å²) in [5.74, 6) is 0.487. The van der Waals surface area contributed by atoms with Gasteiger partial charge in [-0.1, -0.05) is 23.7 Å². The van der Waals surface area contributed by atoms with Crippen molar-refractivity contribution in [3.8, 4) is 17.6 Å². The number of hydrogen-bond donors (Lipinski definition) is 0. The molecule has 0 amide bonds. The minimum atomic E-state index is -0.652. The molecule has 5 nitrogen and oxygen atoms in total. The summed E-state index contributed by atoms with van der Waals surface area (Å²) in [7, 11) is 0. The molecule has 0 bridgehead atoms. The Hall–Kier alpha value is -2.24. The number of rotatable bonds is 8. The fourth-order valence-corrected chi connectivity index (χ4v) is 3.23. The minimum absolute atomic E-state index is 0.0741. The topological polar surface area (TPSA) is 68.6 Å². The van der Waals surface area contributed by atoms with Crippen molar-refractivity contribution in [3.63, 3.8) is 0 Å². The van der Waals surface area contributed by atoms with Crippen LogP contribution in [0, 0.1) is 14.9 Å². The van der Waals surface area contributed by atoms with E-state index in [-0.39, 0.29) is 12.2 Å². The summed E-state index contributed by atoms with van der Waals surface area (Å²) < 4.78 is 17.4. The van der Waals surface area contributed by atoms with E-state index < -0.39 is 5.97 Å². The van der Waals surface area contributed by atoms with Gasteiger partial charge in [0.25, 0.3) is 0 Å². The van der Waals surface area contributed by atoms with Crippen LogP contribution in [0.3, 0.4) is 0 Å². The zero-order valence-corrected chi connectivity index (χ0v) is 18.4. The van der Waals surface area contributed by atoms with Gasteiger partial charge in [-0.25, -0.2) is 4.79 Å². The Morgan fingerprint density at radius 3 is 2.50 bits per heavy atom. The van der Waals surface area contributed by atoms with Crippen LogP contribution in [-0.4, -0.2) is 19.2 Å². The number of ether oxygens (including phenoxy) is 3. The number of hydrogen-bond acceptors (Lipinski definition) is 5. The number of esters is 1. The molecule has 0 fully saturated rings. The van der Waals surface area contributed by atoms with E-state index in [9.17, 15) is 10.1 Å². The first-order chi connectivity index (χ1) is 13.5. The predicted octanol–water partition coefficient (Wildman–Crippen LogP) is 5.39. The lowest BCUT2D eigenvalue weighted by atomic mass is 10.1. The average Bonchev–Trinajstić information content (AvgIpc) is 2.67. The van der Waals surface area contributed by atoms with Crippen molar-refractivity contribution >= 4 is 46.2 Å². The molecule has 0 spiro atoms. The number of nitriles is 1. The SMILES string of the molecule is CCOC(=O)/C(C#N)=C\c1cc(I)c(OCc2ccc(Cl)cc2)c(OCC)c1. The fraction of sp³-hybridized carbons (Fsp3) is 0.238. The van der Waals surface area contributed by atoms with Gasteiger partial charge in [0.15, 0.2) is 11.5 Å². The van der Waals surface area contributed by atoms with E-state index in [1.807, 2.05) is 31.2 Å². The largest absolute Gasteiger partial charge is 0.490 e. The summed E-state index contributed by atoms with van der Waals surface area (Å²) in [6.07, 6.45) is 1.48. The summed E-state index contributed by atoms with van der Waals surface area (Å²) in [5, 5.41) is 9.89. The quantitative estimate of drug-likeness (QED) is 0.206. The molecule has 28 heavy (non-hydrogen) atoms. The van der Waals surface area contributed by atoms with Crippen LogP contribution in [0.5, 0.6) is 11.5 Å². The molecular weight excluding hydrogens is 493 g/mol. The smallest absolute Gasteiger partial charge is 0.348 e. The van der Waals surface area contributed by atoms with Crippen molar-refractivity contribution < 1.29 is 19.0 Å². The predicted molar refractivity (Wildman–Crippen MR) is 116 cm³/mol. The summed E-state index contributed by atoms with van der Waals surface area (Å²) in [5.41, 5.74) is 1.55. The Labute approximate surface area is 183 Å². The van der Waals surface area contributed by atoms with Crippen molar-refractivity contribution in [1.29, 1.82) is 5.26 Å². The van der Waals surface area contributed by atoms with Crippen LogP contribution < -0.4 is 9.47 Å². The Bertz CT molecular complexity index is 904. The van der Waals surface area contributed by atoms with Crippen molar-refractivity contribution in [3.05, 3.63) is 61.7 Å². The Balaban J connectivity index is 2.31. The molecule has 0 aliphatic rings. The second kappa shape index (κ2) is 10.9. The molecule has 2 aromatic rings. The van der Waals surface area contributed by atoms with E-state index >= 15 is 0 Å². The van der Waals surface area contributed by atoms with E-state index in [2.05, 4.69) is 22.6 Å². The van der Waals surface area contributed by atoms with Gasteiger partial charge in [-0.15, -0.1) is 0 Å². The van der Waals surface area contributed by atoms with E-state index in [4.69, 9.17) is 25.8 Å². The summed E-state index contributed by atoms with van der Waals surface area (Å²) in [6, 6.07) is 12.8. The molecule has 2 aromatic carbocycles. The van der Waals surface area contributed by atoms with Crippen molar-refractivity contribution in [1.82, 2.24) is 0 Å². The minimum Gasteiger partial charge on any atom is -0.490 e. The standard InChI is InChI=1S/C21H19ClINO4/c1-3-26-19-11-15(9-16(12-24)21(25)27-4-2)10-18(23)20(19)28-13-14-5-7-17(22)8-6-14/h5-11H,3-4,13H2,1-2H3/b16-9-. The van der Waals surface area contributed by atoms with Crippen LogP contribution in [0.15, 0.2) is 42.0 Å². The highest BCUT2D eigenvalue weighted by molar-refractivity contribution is 14.1. The molecule has 0 atom stereocenters. The fourth-order valence-electron chi connectivity index (χ4n) is 2.32. The summed E-state index contributed by atoms with van der Waals surface area (Å²) in [6.45, 7) is 4.57. The first kappa shape index (κ1) is 22.1. The first-order valence-electron chi connectivity index (χ1n) is 8.61. The number of halogens is 2. The normalized spacial score (nSPS) is 10.9. The van der Waals surface area contributed by atoms with Gasteiger partial charge in [0.05, 0.1) is 16.8 Å². The highest BCUT2D eigenvalue weighted by atomic mass is 127. The Morgan fingerprint density at radius 1 is 1.18 bits per heavy atom. The van der Waals surface area contributed by atoms with Crippen LogP contribution >= 0.6 is 34.2 Å². The van der Waals surface area contributed by atoms with Crippen molar-refractivity contribution in [2.24, 2.45) is 0 Å². The van der Waals surface area contributed by atoms with E-state index in [0.29, 0.717) is 35.3 Å². The number of carbonyl (C=O) groups is 1. The lowest BCUT2D eigenvalue weighted by Gasteiger charge is -2.15. The third-order valence-corrected chi connectivity index (χ3v) is 4.61. The van der Waals surface area contributed by atoms with Gasteiger partial charge in [0, 0.05) is 5.02 Å². The summed E-state index contributed by atoms with van der Waals surface area (Å²) in [4.78, 5) is 11.8. The van der Waals surface area contributed by atoms with Gasteiger partial charge in [-0.3, -0.25) is 0 Å². The molecule has 0 aromatic heterocycles. The zero-order valence-electron chi connectivity index (χ0n) is 15.5. The van der Waals surface area contributed by atoms with Gasteiger partial charge in [0.1, 0.15) is 18.2 Å². The maximum Gasteiger partial charge on any atom is 0.348 e. The van der Waals surface area contributed by atoms with Crippen LogP contribution in [0.4, 0.5) is 0 Å². The number of benzene rings is 2. The van der Waals surface area contributed by atoms with Gasteiger partial charge in [-0.05, 0) is 77.9 Å². The first-order valence-corrected chi connectivity index (χ1v) is 10.1. The van der Waals surface area contributed by atoms with Crippen LogP contribution in [-0.2, 0) is 16.1 Å². The molecular formula is C21H19ClINO4. The highest BCUT2D eigenvalue weighted by Gasteiger charge is 2.15. The molecule has 0 aliphatic carbocycles. The second-order valence-corrected chi connectivity index (χ2v) is 7.17. The van der Waals surface area contributed by atoms with Gasteiger partial charge in [-0.2, -0.15) is 5.26 Å². The molecule has 0 saturated carbocycles. The van der Waals surface area contributed by atoms with Crippen molar-refractivity contribution in [2.75, 3.05) is 13.2 Å². The maximum atomic E-state index is 11.8. The third kappa shape index (κ3) is 6.14. The van der Waals surface area contributed by atoms with Crippen LogP contribution in [0.1, 0.15) is 25.0 Å². The summed E-state index contributed by atoms with van der Waals surface area (Å²) >= 11 is 8.05. The lowest BCUT2D eigenvalue weighted by molar-refractivity contribution is -0.137. The molecule has 146 valence electrons. The molecule has 2 rings (SSSR count). The molecule has 0 N–H and O–H groups in total. The van der Waals surface area contributed by atoms with Crippen molar-refractivity contribution in [2.45, 2.75) is 20.5 Å². The van der Waals surface area contributed by atoms with E-state index in [1.165, 1.54) is 6.08 Å². The van der Waals surface area contributed by atoms with Gasteiger partial charge >= 0.3 is 5.97 Å². The van der Waals surface area contributed by atoms with Crippen LogP contribution in [0.2, 0.25) is 5.02 Å². The highest BCUT2D eigenvalue weighted by Crippen LogP contribution is 2.35. The van der Waals surface area contributed by atoms with Gasteiger partial charge in [0.2, 0.25) is 0 Å². The third-order valence-electron chi connectivity index (χ3n) is 3.55. The van der Waals surface area contributed by atoms with E-state index in [1.54, 1.807) is 25.1 Å². The van der Waals surface area contributed by atoms with Crippen LogP contribution in [0.25, 0.3) is 6.08 Å². The average molecular weight is 512 g/mol. The van der Waals surface area contributed by atoms with E-state index in [0.717, 1.165) is 9.13 Å². The maximum absolute atomic E-state index is 11.8. The molecule has 0 radical (unpaired) electrons. The lowest BCUT2D eigenvalue weighted by Crippen LogP contribution is -2.06.